The fourth-order valence-corrected chi connectivity index (χ4v) is 1.96. The monoisotopic (exact) mass is 309 g/mol. The van der Waals surface area contributed by atoms with Crippen molar-refractivity contribution in [3.05, 3.63) is 66.0 Å². The van der Waals surface area contributed by atoms with Crippen LogP contribution in [0.25, 0.3) is 0 Å². The van der Waals surface area contributed by atoms with Gasteiger partial charge in [0.25, 0.3) is 0 Å². The number of nitrogens with zero attached hydrogens (tertiary/aromatic N) is 3. The second kappa shape index (κ2) is 6.61. The van der Waals surface area contributed by atoms with Gasteiger partial charge in [-0.25, -0.2) is 0 Å². The van der Waals surface area contributed by atoms with Crippen LogP contribution >= 0.6 is 0 Å². The standard InChI is InChI=1S/C16H15N5O2/c1-22-13-9-7-12(8-10-13)19-20-14(11-5-3-2-4-6-11)15-18-16(17)23-21-15/h2-10,19H,1H3,(H2,17,18,21)/b20-14-. The Morgan fingerprint density at radius 2 is 1.87 bits per heavy atom. The Morgan fingerprint density at radius 1 is 1.13 bits per heavy atom. The summed E-state index contributed by atoms with van der Waals surface area (Å²) in [6.07, 6.45) is 0. The first-order chi connectivity index (χ1) is 11.3. The first-order valence-electron chi connectivity index (χ1n) is 6.89. The van der Waals surface area contributed by atoms with Gasteiger partial charge in [0, 0.05) is 5.56 Å². The maximum absolute atomic E-state index is 5.50. The van der Waals surface area contributed by atoms with E-state index in [0.29, 0.717) is 11.5 Å². The molecule has 0 aliphatic rings. The number of anilines is 2. The highest BCUT2D eigenvalue weighted by molar-refractivity contribution is 6.10. The quantitative estimate of drug-likeness (QED) is 0.555. The van der Waals surface area contributed by atoms with E-state index in [1.807, 2.05) is 54.6 Å². The van der Waals surface area contributed by atoms with Crippen LogP contribution in [0.5, 0.6) is 5.75 Å². The SMILES string of the molecule is COc1ccc(N/N=C(/c2ccccc2)c2noc(N)n2)cc1. The summed E-state index contributed by atoms with van der Waals surface area (Å²) in [4.78, 5) is 4.04. The molecule has 1 aromatic heterocycles. The lowest BCUT2D eigenvalue weighted by atomic mass is 10.1. The van der Waals surface area contributed by atoms with Crippen LogP contribution in [0.2, 0.25) is 0 Å². The minimum absolute atomic E-state index is 0.00641. The van der Waals surface area contributed by atoms with E-state index >= 15 is 0 Å². The molecule has 0 unspecified atom stereocenters. The third-order valence-corrected chi connectivity index (χ3v) is 3.09. The molecule has 0 spiro atoms. The van der Waals surface area contributed by atoms with Gasteiger partial charge in [-0.3, -0.25) is 5.43 Å². The van der Waals surface area contributed by atoms with Gasteiger partial charge in [-0.2, -0.15) is 10.1 Å². The summed E-state index contributed by atoms with van der Waals surface area (Å²) in [5.41, 5.74) is 10.6. The number of aromatic nitrogens is 2. The zero-order valence-electron chi connectivity index (χ0n) is 12.4. The van der Waals surface area contributed by atoms with E-state index in [1.54, 1.807) is 7.11 Å². The van der Waals surface area contributed by atoms with Crippen LogP contribution in [0.15, 0.2) is 64.2 Å². The van der Waals surface area contributed by atoms with Crippen molar-refractivity contribution in [2.24, 2.45) is 5.10 Å². The number of ether oxygens (including phenoxy) is 1. The van der Waals surface area contributed by atoms with Crippen LogP contribution in [-0.2, 0) is 0 Å². The molecule has 3 aromatic rings. The van der Waals surface area contributed by atoms with Gasteiger partial charge in [-0.15, -0.1) is 0 Å². The van der Waals surface area contributed by atoms with E-state index in [-0.39, 0.29) is 6.01 Å². The molecule has 3 N–H and O–H groups in total. The topological polar surface area (TPSA) is 98.6 Å². The average Bonchev–Trinajstić information content (AvgIpc) is 3.03. The number of hydrogen-bond donors (Lipinski definition) is 2. The molecule has 0 bridgehead atoms. The minimum atomic E-state index is -0.00641. The Kier molecular flexibility index (Phi) is 4.19. The molecule has 0 aliphatic heterocycles. The summed E-state index contributed by atoms with van der Waals surface area (Å²) < 4.78 is 9.97. The van der Waals surface area contributed by atoms with Crippen molar-refractivity contribution < 1.29 is 9.26 Å². The van der Waals surface area contributed by atoms with Gasteiger partial charge in [0.2, 0.25) is 5.82 Å². The molecule has 0 amide bonds. The van der Waals surface area contributed by atoms with Crippen LogP contribution < -0.4 is 15.9 Å². The van der Waals surface area contributed by atoms with Crippen LogP contribution in [-0.4, -0.2) is 23.0 Å². The molecule has 0 radical (unpaired) electrons. The Labute approximate surface area is 132 Å². The predicted octanol–water partition coefficient (Wildman–Crippen LogP) is 2.52. The molecule has 0 aliphatic carbocycles. The molecule has 0 atom stereocenters. The van der Waals surface area contributed by atoms with Crippen molar-refractivity contribution in [1.82, 2.24) is 10.1 Å². The van der Waals surface area contributed by atoms with Gasteiger partial charge in [-0.1, -0.05) is 35.5 Å². The summed E-state index contributed by atoms with van der Waals surface area (Å²) in [5, 5.41) is 8.22. The number of rotatable bonds is 5. The minimum Gasteiger partial charge on any atom is -0.497 e. The fraction of sp³-hybridized carbons (Fsp3) is 0.0625. The zero-order chi connectivity index (χ0) is 16.1. The maximum Gasteiger partial charge on any atom is 0.319 e. The summed E-state index contributed by atoms with van der Waals surface area (Å²) in [5.74, 6) is 1.09. The lowest BCUT2D eigenvalue weighted by Gasteiger charge is -2.05. The van der Waals surface area contributed by atoms with Crippen molar-refractivity contribution in [1.29, 1.82) is 0 Å². The van der Waals surface area contributed by atoms with E-state index < -0.39 is 0 Å². The summed E-state index contributed by atoms with van der Waals surface area (Å²) in [7, 11) is 1.62. The Hall–Kier alpha value is -3.35. The van der Waals surface area contributed by atoms with Crippen molar-refractivity contribution in [3.63, 3.8) is 0 Å². The van der Waals surface area contributed by atoms with Crippen LogP contribution in [0.4, 0.5) is 11.7 Å². The van der Waals surface area contributed by atoms with Crippen LogP contribution in [0.1, 0.15) is 11.4 Å². The number of hydrazone groups is 1. The van der Waals surface area contributed by atoms with Crippen LogP contribution in [0.3, 0.4) is 0 Å². The molecule has 0 fully saturated rings. The predicted molar refractivity (Wildman–Crippen MR) is 87.4 cm³/mol. The molecule has 23 heavy (non-hydrogen) atoms. The van der Waals surface area contributed by atoms with E-state index in [9.17, 15) is 0 Å². The second-order valence-electron chi connectivity index (χ2n) is 4.62. The molecule has 2 aromatic carbocycles. The van der Waals surface area contributed by atoms with Crippen molar-refractivity contribution in [2.75, 3.05) is 18.3 Å². The van der Waals surface area contributed by atoms with E-state index in [2.05, 4.69) is 20.7 Å². The molecule has 7 nitrogen and oxygen atoms in total. The molecule has 0 saturated heterocycles. The van der Waals surface area contributed by atoms with Crippen molar-refractivity contribution >= 4 is 17.4 Å². The van der Waals surface area contributed by atoms with Gasteiger partial charge in [0.1, 0.15) is 11.5 Å². The summed E-state index contributed by atoms with van der Waals surface area (Å²) in [6.45, 7) is 0. The number of nitrogens with one attached hydrogen (secondary N) is 1. The molecule has 3 rings (SSSR count). The Morgan fingerprint density at radius 3 is 2.48 bits per heavy atom. The van der Waals surface area contributed by atoms with Gasteiger partial charge >= 0.3 is 6.01 Å². The van der Waals surface area contributed by atoms with Gasteiger partial charge < -0.3 is 15.0 Å². The largest absolute Gasteiger partial charge is 0.497 e. The number of methoxy groups -OCH3 is 1. The molecule has 116 valence electrons. The van der Waals surface area contributed by atoms with Crippen molar-refractivity contribution in [3.8, 4) is 5.75 Å². The second-order valence-corrected chi connectivity index (χ2v) is 4.62. The zero-order valence-corrected chi connectivity index (χ0v) is 12.4. The third-order valence-electron chi connectivity index (χ3n) is 3.09. The lowest BCUT2D eigenvalue weighted by Crippen LogP contribution is -2.08. The first-order valence-corrected chi connectivity index (χ1v) is 6.89. The molecule has 7 heteroatoms. The van der Waals surface area contributed by atoms with E-state index in [1.165, 1.54) is 0 Å². The van der Waals surface area contributed by atoms with E-state index in [4.69, 9.17) is 15.0 Å². The molecule has 0 saturated carbocycles. The highest BCUT2D eigenvalue weighted by atomic mass is 16.5. The first kappa shape index (κ1) is 14.6. The average molecular weight is 309 g/mol. The fourth-order valence-electron chi connectivity index (χ4n) is 1.96. The maximum atomic E-state index is 5.50. The summed E-state index contributed by atoms with van der Waals surface area (Å²) >= 11 is 0. The van der Waals surface area contributed by atoms with Gasteiger partial charge in [0.15, 0.2) is 0 Å². The summed E-state index contributed by atoms with van der Waals surface area (Å²) in [6, 6.07) is 16.9. The molecular formula is C16H15N5O2. The number of benzene rings is 2. The number of nitrogens with two attached hydrogens (primary N) is 1. The normalized spacial score (nSPS) is 11.3. The third kappa shape index (κ3) is 3.46. The Balaban J connectivity index is 1.91. The lowest BCUT2D eigenvalue weighted by molar-refractivity contribution is 0.415. The van der Waals surface area contributed by atoms with Gasteiger partial charge in [-0.05, 0) is 24.3 Å². The Bertz CT molecular complexity index is 797. The highest BCUT2D eigenvalue weighted by Gasteiger charge is 2.13. The van der Waals surface area contributed by atoms with Gasteiger partial charge in [0.05, 0.1) is 12.8 Å². The number of hydrogen-bond acceptors (Lipinski definition) is 7. The molecular weight excluding hydrogens is 294 g/mol. The smallest absolute Gasteiger partial charge is 0.319 e. The number of nitrogen functional groups attached to an aromatic ring is 1. The molecule has 1 heterocycles. The van der Waals surface area contributed by atoms with Crippen LogP contribution in [0, 0.1) is 0 Å². The van der Waals surface area contributed by atoms with Crippen molar-refractivity contribution in [2.45, 2.75) is 0 Å². The highest BCUT2D eigenvalue weighted by Crippen LogP contribution is 2.16. The van der Waals surface area contributed by atoms with E-state index in [0.717, 1.165) is 17.0 Å².